The lowest BCUT2D eigenvalue weighted by molar-refractivity contribution is -0.111. The van der Waals surface area contributed by atoms with Crippen LogP contribution in [0.4, 0.5) is 5.69 Å². The fourth-order valence-corrected chi connectivity index (χ4v) is 2.55. The summed E-state index contributed by atoms with van der Waals surface area (Å²) in [5.74, 6) is 1.10. The van der Waals surface area contributed by atoms with Gasteiger partial charge < -0.3 is 19.4 Å². The van der Waals surface area contributed by atoms with Crippen molar-refractivity contribution in [3.8, 4) is 17.2 Å². The van der Waals surface area contributed by atoms with Crippen LogP contribution in [0.15, 0.2) is 67.3 Å². The van der Waals surface area contributed by atoms with Crippen molar-refractivity contribution in [2.24, 2.45) is 0 Å². The molecule has 6 heteroatoms. The molecule has 0 aliphatic rings. The third kappa shape index (κ3) is 4.76. The van der Waals surface area contributed by atoms with E-state index < -0.39 is 0 Å². The molecule has 1 aromatic heterocycles. The lowest BCUT2D eigenvalue weighted by Gasteiger charge is -2.09. The first-order valence-corrected chi connectivity index (χ1v) is 8.58. The van der Waals surface area contributed by atoms with Crippen molar-refractivity contribution in [3.05, 3.63) is 72.8 Å². The highest BCUT2D eigenvalue weighted by molar-refractivity contribution is 6.02. The van der Waals surface area contributed by atoms with Crippen LogP contribution in [0.1, 0.15) is 12.5 Å². The van der Waals surface area contributed by atoms with E-state index in [1.54, 1.807) is 25.7 Å². The average Bonchev–Trinajstić information content (AvgIpc) is 3.22. The first-order valence-electron chi connectivity index (χ1n) is 8.58. The molecule has 0 spiro atoms. The fourth-order valence-electron chi connectivity index (χ4n) is 2.55. The van der Waals surface area contributed by atoms with Gasteiger partial charge in [-0.05, 0) is 55.0 Å². The Balaban J connectivity index is 1.64. The Bertz CT molecular complexity index is 916. The van der Waals surface area contributed by atoms with E-state index in [0.29, 0.717) is 18.1 Å². The number of hydrogen-bond donors (Lipinski definition) is 1. The van der Waals surface area contributed by atoms with Crippen molar-refractivity contribution in [2.75, 3.05) is 19.0 Å². The quantitative estimate of drug-likeness (QED) is 0.646. The number of nitrogens with zero attached hydrogens (tertiary/aromatic N) is 2. The van der Waals surface area contributed by atoms with E-state index in [0.717, 1.165) is 16.9 Å². The first-order chi connectivity index (χ1) is 13.2. The number of carbonyl (C=O) groups is 1. The molecule has 0 bridgehead atoms. The Labute approximate surface area is 158 Å². The maximum absolute atomic E-state index is 12.2. The smallest absolute Gasteiger partial charge is 0.248 e. The van der Waals surface area contributed by atoms with E-state index in [4.69, 9.17) is 9.47 Å². The summed E-state index contributed by atoms with van der Waals surface area (Å²) in [5.41, 5.74) is 2.55. The zero-order chi connectivity index (χ0) is 19.1. The van der Waals surface area contributed by atoms with Gasteiger partial charge in [0.15, 0.2) is 11.5 Å². The van der Waals surface area contributed by atoms with Crippen LogP contribution in [-0.2, 0) is 4.79 Å². The van der Waals surface area contributed by atoms with Gasteiger partial charge in [-0.2, -0.15) is 0 Å². The van der Waals surface area contributed by atoms with Crippen molar-refractivity contribution in [1.29, 1.82) is 0 Å². The second kappa shape index (κ2) is 8.71. The molecule has 0 unspecified atom stereocenters. The Morgan fingerprint density at radius 1 is 1.19 bits per heavy atom. The number of benzene rings is 2. The number of carbonyl (C=O) groups excluding carboxylic acids is 1. The SMILES string of the molecule is CCOc1cc(/C=C/C(=O)Nc2ccc(-n3ccnc3)cc2)ccc1OC. The van der Waals surface area contributed by atoms with Gasteiger partial charge in [-0.25, -0.2) is 4.98 Å². The molecule has 1 N–H and O–H groups in total. The summed E-state index contributed by atoms with van der Waals surface area (Å²) in [4.78, 5) is 16.2. The van der Waals surface area contributed by atoms with Crippen LogP contribution in [-0.4, -0.2) is 29.2 Å². The highest BCUT2D eigenvalue weighted by Crippen LogP contribution is 2.28. The molecule has 0 fully saturated rings. The maximum Gasteiger partial charge on any atom is 0.248 e. The third-order valence-electron chi connectivity index (χ3n) is 3.85. The monoisotopic (exact) mass is 363 g/mol. The van der Waals surface area contributed by atoms with Crippen molar-refractivity contribution in [2.45, 2.75) is 6.92 Å². The molecule has 6 nitrogen and oxygen atoms in total. The van der Waals surface area contributed by atoms with E-state index in [1.165, 1.54) is 6.08 Å². The zero-order valence-electron chi connectivity index (χ0n) is 15.3. The Morgan fingerprint density at radius 3 is 2.67 bits per heavy atom. The molecule has 0 atom stereocenters. The summed E-state index contributed by atoms with van der Waals surface area (Å²) in [7, 11) is 1.60. The Kier molecular flexibility index (Phi) is 5.89. The molecule has 0 aliphatic heterocycles. The number of hydrogen-bond acceptors (Lipinski definition) is 4. The van der Waals surface area contributed by atoms with Crippen molar-refractivity contribution >= 4 is 17.7 Å². The molecule has 3 rings (SSSR count). The number of nitrogens with one attached hydrogen (secondary N) is 1. The minimum absolute atomic E-state index is 0.209. The number of methoxy groups -OCH3 is 1. The van der Waals surface area contributed by atoms with Crippen LogP contribution < -0.4 is 14.8 Å². The van der Waals surface area contributed by atoms with E-state index >= 15 is 0 Å². The molecule has 2 aromatic carbocycles. The van der Waals surface area contributed by atoms with Crippen LogP contribution in [0.5, 0.6) is 11.5 Å². The second-order valence-electron chi connectivity index (χ2n) is 5.68. The van der Waals surface area contributed by atoms with Crippen molar-refractivity contribution < 1.29 is 14.3 Å². The molecule has 0 aliphatic carbocycles. The summed E-state index contributed by atoms with van der Waals surface area (Å²) in [5, 5.41) is 2.84. The molecule has 0 saturated heterocycles. The summed E-state index contributed by atoms with van der Waals surface area (Å²) in [6.45, 7) is 2.45. The van der Waals surface area contributed by atoms with Gasteiger partial charge in [0.2, 0.25) is 5.91 Å². The third-order valence-corrected chi connectivity index (χ3v) is 3.85. The van der Waals surface area contributed by atoms with Crippen LogP contribution in [0, 0.1) is 0 Å². The number of aromatic nitrogens is 2. The van der Waals surface area contributed by atoms with Gasteiger partial charge in [-0.1, -0.05) is 6.07 Å². The van der Waals surface area contributed by atoms with Gasteiger partial charge in [-0.3, -0.25) is 4.79 Å². The van der Waals surface area contributed by atoms with Gasteiger partial charge in [0.1, 0.15) is 0 Å². The van der Waals surface area contributed by atoms with Gasteiger partial charge in [-0.15, -0.1) is 0 Å². The standard InChI is InChI=1S/C21H21N3O3/c1-3-27-20-14-16(4-10-19(20)26-2)5-11-21(25)23-17-6-8-18(9-7-17)24-13-12-22-15-24/h4-15H,3H2,1-2H3,(H,23,25)/b11-5+. The minimum Gasteiger partial charge on any atom is -0.493 e. The Hall–Kier alpha value is -3.54. The number of anilines is 1. The first kappa shape index (κ1) is 18.3. The lowest BCUT2D eigenvalue weighted by Crippen LogP contribution is -2.07. The average molecular weight is 363 g/mol. The van der Waals surface area contributed by atoms with Crippen LogP contribution >= 0.6 is 0 Å². The van der Waals surface area contributed by atoms with E-state index in [9.17, 15) is 4.79 Å². The van der Waals surface area contributed by atoms with E-state index in [2.05, 4.69) is 10.3 Å². The van der Waals surface area contributed by atoms with Crippen LogP contribution in [0.25, 0.3) is 11.8 Å². The van der Waals surface area contributed by atoms with Crippen LogP contribution in [0.2, 0.25) is 0 Å². The number of ether oxygens (including phenoxy) is 2. The van der Waals surface area contributed by atoms with Gasteiger partial charge in [0.25, 0.3) is 0 Å². The molecule has 1 heterocycles. The fraction of sp³-hybridized carbons (Fsp3) is 0.143. The highest BCUT2D eigenvalue weighted by atomic mass is 16.5. The summed E-state index contributed by atoms with van der Waals surface area (Å²) in [6, 6.07) is 13.1. The molecular weight excluding hydrogens is 342 g/mol. The van der Waals surface area contributed by atoms with E-state index in [-0.39, 0.29) is 5.91 Å². The topological polar surface area (TPSA) is 65.4 Å². The normalized spacial score (nSPS) is 10.7. The summed E-state index contributed by atoms with van der Waals surface area (Å²) in [6.07, 6.45) is 8.53. The maximum atomic E-state index is 12.2. The van der Waals surface area contributed by atoms with Crippen molar-refractivity contribution in [3.63, 3.8) is 0 Å². The van der Waals surface area contributed by atoms with Crippen LogP contribution in [0.3, 0.4) is 0 Å². The lowest BCUT2D eigenvalue weighted by atomic mass is 10.2. The number of imidazole rings is 1. The molecule has 138 valence electrons. The molecule has 1 amide bonds. The molecular formula is C21H21N3O3. The van der Waals surface area contributed by atoms with Gasteiger partial charge >= 0.3 is 0 Å². The Morgan fingerprint density at radius 2 is 2.00 bits per heavy atom. The molecule has 0 saturated carbocycles. The minimum atomic E-state index is -0.209. The number of amides is 1. The van der Waals surface area contributed by atoms with E-state index in [1.807, 2.05) is 60.2 Å². The van der Waals surface area contributed by atoms with Crippen molar-refractivity contribution in [1.82, 2.24) is 9.55 Å². The molecule has 27 heavy (non-hydrogen) atoms. The number of rotatable bonds is 7. The van der Waals surface area contributed by atoms with Gasteiger partial charge in [0, 0.05) is 29.8 Å². The zero-order valence-corrected chi connectivity index (χ0v) is 15.3. The largest absolute Gasteiger partial charge is 0.493 e. The second-order valence-corrected chi connectivity index (χ2v) is 5.68. The molecule has 3 aromatic rings. The summed E-state index contributed by atoms with van der Waals surface area (Å²) >= 11 is 0. The predicted molar refractivity (Wildman–Crippen MR) is 105 cm³/mol. The molecule has 0 radical (unpaired) electrons. The van der Waals surface area contributed by atoms with Gasteiger partial charge in [0.05, 0.1) is 20.0 Å². The summed E-state index contributed by atoms with van der Waals surface area (Å²) < 4.78 is 12.7. The predicted octanol–water partition coefficient (Wildman–Crippen LogP) is 3.93. The highest BCUT2D eigenvalue weighted by Gasteiger charge is 2.04.